The first-order valence-corrected chi connectivity index (χ1v) is 6.81. The Morgan fingerprint density at radius 2 is 2.17 bits per heavy atom. The summed E-state index contributed by atoms with van der Waals surface area (Å²) in [5, 5.41) is 4.56. The monoisotopic (exact) mass is 304 g/mol. The van der Waals surface area contributed by atoms with Gasteiger partial charge in [0.15, 0.2) is 5.78 Å². The van der Waals surface area contributed by atoms with E-state index in [2.05, 4.69) is 21.0 Å². The van der Waals surface area contributed by atoms with E-state index in [1.165, 1.54) is 12.8 Å². The molecular weight excluding hydrogens is 292 g/mol. The normalized spacial score (nSPS) is 14.8. The predicted octanol–water partition coefficient (Wildman–Crippen LogP) is 3.71. The minimum absolute atomic E-state index is 0.0507. The van der Waals surface area contributed by atoms with Gasteiger partial charge in [-0.1, -0.05) is 15.9 Å². The number of rotatable bonds is 3. The zero-order valence-corrected chi connectivity index (χ0v) is 11.6. The van der Waals surface area contributed by atoms with Crippen LogP contribution in [0.5, 0.6) is 0 Å². The van der Waals surface area contributed by atoms with Crippen LogP contribution in [0.15, 0.2) is 34.9 Å². The van der Waals surface area contributed by atoms with Crippen LogP contribution in [0, 0.1) is 0 Å². The van der Waals surface area contributed by atoms with E-state index < -0.39 is 0 Å². The summed E-state index contributed by atoms with van der Waals surface area (Å²) in [6.45, 7) is 1.58. The van der Waals surface area contributed by atoms with Crippen LogP contribution in [0.4, 0.5) is 0 Å². The molecule has 2 aromatic rings. The molecule has 4 heteroatoms. The van der Waals surface area contributed by atoms with Crippen molar-refractivity contribution in [2.45, 2.75) is 25.7 Å². The molecule has 1 aliphatic rings. The highest BCUT2D eigenvalue weighted by Crippen LogP contribution is 2.39. The van der Waals surface area contributed by atoms with E-state index in [0.29, 0.717) is 11.5 Å². The fourth-order valence-corrected chi connectivity index (χ4v) is 2.42. The van der Waals surface area contributed by atoms with E-state index in [1.807, 2.05) is 30.5 Å². The second-order valence-corrected chi connectivity index (χ2v) is 5.59. The Kier molecular flexibility index (Phi) is 2.82. The second-order valence-electron chi connectivity index (χ2n) is 4.68. The van der Waals surface area contributed by atoms with E-state index in [-0.39, 0.29) is 5.78 Å². The molecular formula is C14H13BrN2O. The molecule has 0 aliphatic heterocycles. The van der Waals surface area contributed by atoms with Gasteiger partial charge in [0.05, 0.1) is 11.4 Å². The van der Waals surface area contributed by atoms with Gasteiger partial charge in [-0.2, -0.15) is 5.10 Å². The maximum Gasteiger partial charge on any atom is 0.162 e. The van der Waals surface area contributed by atoms with Gasteiger partial charge in [-0.3, -0.25) is 4.79 Å². The highest BCUT2D eigenvalue weighted by atomic mass is 79.9. The summed E-state index contributed by atoms with van der Waals surface area (Å²) >= 11 is 3.39. The van der Waals surface area contributed by atoms with Gasteiger partial charge in [-0.05, 0) is 44.0 Å². The summed E-state index contributed by atoms with van der Waals surface area (Å²) in [5.41, 5.74) is 2.67. The number of carbonyl (C=O) groups is 1. The van der Waals surface area contributed by atoms with Crippen molar-refractivity contribution >= 4 is 21.7 Å². The molecule has 3 nitrogen and oxygen atoms in total. The van der Waals surface area contributed by atoms with Crippen molar-refractivity contribution in [2.75, 3.05) is 0 Å². The lowest BCUT2D eigenvalue weighted by molar-refractivity contribution is 0.101. The summed E-state index contributed by atoms with van der Waals surface area (Å²) in [5.74, 6) is 0.678. The first kappa shape index (κ1) is 11.7. The highest BCUT2D eigenvalue weighted by molar-refractivity contribution is 9.10. The number of aromatic nitrogens is 2. The lowest BCUT2D eigenvalue weighted by atomic mass is 10.1. The standard InChI is InChI=1S/C14H13BrN2O/c1-9(18)12-8-11(15)4-5-14(12)17-7-6-13(16-17)10-2-3-10/h4-8,10H,2-3H2,1H3. The van der Waals surface area contributed by atoms with Gasteiger partial charge in [-0.15, -0.1) is 0 Å². The molecule has 1 aromatic heterocycles. The molecule has 1 aromatic carbocycles. The van der Waals surface area contributed by atoms with Gasteiger partial charge in [0.25, 0.3) is 0 Å². The van der Waals surface area contributed by atoms with Crippen molar-refractivity contribution in [3.05, 3.63) is 46.2 Å². The Bertz CT molecular complexity index is 614. The number of hydrogen-bond acceptors (Lipinski definition) is 2. The molecule has 0 bridgehead atoms. The predicted molar refractivity (Wildman–Crippen MR) is 73.2 cm³/mol. The zero-order chi connectivity index (χ0) is 12.7. The maximum atomic E-state index is 11.7. The molecule has 3 rings (SSSR count). The number of carbonyl (C=O) groups excluding carboxylic acids is 1. The Hall–Kier alpha value is -1.42. The van der Waals surface area contributed by atoms with Crippen LogP contribution < -0.4 is 0 Å². The van der Waals surface area contributed by atoms with Crippen molar-refractivity contribution in [3.63, 3.8) is 0 Å². The fraction of sp³-hybridized carbons (Fsp3) is 0.286. The Balaban J connectivity index is 2.06. The minimum atomic E-state index is 0.0507. The SMILES string of the molecule is CC(=O)c1cc(Br)ccc1-n1ccc(C2CC2)n1. The van der Waals surface area contributed by atoms with Gasteiger partial charge in [0, 0.05) is 22.2 Å². The molecule has 0 spiro atoms. The molecule has 92 valence electrons. The quantitative estimate of drug-likeness (QED) is 0.810. The smallest absolute Gasteiger partial charge is 0.162 e. The van der Waals surface area contributed by atoms with Gasteiger partial charge < -0.3 is 0 Å². The van der Waals surface area contributed by atoms with Crippen molar-refractivity contribution < 1.29 is 4.79 Å². The van der Waals surface area contributed by atoms with Crippen molar-refractivity contribution in [1.29, 1.82) is 0 Å². The van der Waals surface area contributed by atoms with Crippen LogP contribution in [-0.4, -0.2) is 15.6 Å². The van der Waals surface area contributed by atoms with Gasteiger partial charge >= 0.3 is 0 Å². The Morgan fingerprint density at radius 3 is 2.83 bits per heavy atom. The summed E-state index contributed by atoms with van der Waals surface area (Å²) < 4.78 is 2.71. The van der Waals surface area contributed by atoms with Crippen molar-refractivity contribution in [2.24, 2.45) is 0 Å². The van der Waals surface area contributed by atoms with E-state index in [0.717, 1.165) is 15.9 Å². The van der Waals surface area contributed by atoms with Crippen molar-refractivity contribution in [3.8, 4) is 5.69 Å². The molecule has 1 heterocycles. The van der Waals surface area contributed by atoms with Crippen molar-refractivity contribution in [1.82, 2.24) is 9.78 Å². The molecule has 0 amide bonds. The maximum absolute atomic E-state index is 11.7. The third kappa shape index (κ3) is 2.12. The number of Topliss-reactive ketones (excluding diaryl/α,β-unsaturated/α-hetero) is 1. The molecule has 0 saturated heterocycles. The number of halogens is 1. The number of ketones is 1. The van der Waals surface area contributed by atoms with Crippen LogP contribution in [-0.2, 0) is 0 Å². The number of nitrogens with zero attached hydrogens (tertiary/aromatic N) is 2. The average Bonchev–Trinajstić information content (AvgIpc) is 3.08. The summed E-state index contributed by atoms with van der Waals surface area (Å²) in [7, 11) is 0. The zero-order valence-electron chi connectivity index (χ0n) is 10.1. The largest absolute Gasteiger partial charge is 0.294 e. The first-order valence-electron chi connectivity index (χ1n) is 6.01. The molecule has 0 unspecified atom stereocenters. The molecule has 0 radical (unpaired) electrons. The average molecular weight is 305 g/mol. The highest BCUT2D eigenvalue weighted by Gasteiger charge is 2.26. The topological polar surface area (TPSA) is 34.9 Å². The Labute approximate surface area is 114 Å². The molecule has 0 N–H and O–H groups in total. The van der Waals surface area contributed by atoms with Crippen LogP contribution >= 0.6 is 15.9 Å². The van der Waals surface area contributed by atoms with Crippen LogP contribution in [0.3, 0.4) is 0 Å². The van der Waals surface area contributed by atoms with E-state index in [1.54, 1.807) is 11.6 Å². The molecule has 0 atom stereocenters. The van der Waals surface area contributed by atoms with E-state index >= 15 is 0 Å². The third-order valence-electron chi connectivity index (χ3n) is 3.19. The van der Waals surface area contributed by atoms with Gasteiger partial charge in [-0.25, -0.2) is 4.68 Å². The third-order valence-corrected chi connectivity index (χ3v) is 3.68. The summed E-state index contributed by atoms with van der Waals surface area (Å²) in [6, 6.07) is 7.74. The van der Waals surface area contributed by atoms with Crippen LogP contribution in [0.1, 0.15) is 41.7 Å². The number of benzene rings is 1. The molecule has 18 heavy (non-hydrogen) atoms. The van der Waals surface area contributed by atoms with E-state index in [4.69, 9.17) is 0 Å². The molecule has 1 fully saturated rings. The first-order chi connectivity index (χ1) is 8.65. The molecule has 1 saturated carbocycles. The lowest BCUT2D eigenvalue weighted by Gasteiger charge is -2.07. The lowest BCUT2D eigenvalue weighted by Crippen LogP contribution is -2.04. The number of hydrogen-bond donors (Lipinski definition) is 0. The minimum Gasteiger partial charge on any atom is -0.294 e. The fourth-order valence-electron chi connectivity index (χ4n) is 2.06. The van der Waals surface area contributed by atoms with Crippen LogP contribution in [0.2, 0.25) is 0 Å². The molecule has 1 aliphatic carbocycles. The second kappa shape index (κ2) is 4.35. The Morgan fingerprint density at radius 1 is 1.39 bits per heavy atom. The van der Waals surface area contributed by atoms with Crippen LogP contribution in [0.25, 0.3) is 5.69 Å². The summed E-state index contributed by atoms with van der Waals surface area (Å²) in [6.07, 6.45) is 4.40. The van der Waals surface area contributed by atoms with Gasteiger partial charge in [0.1, 0.15) is 0 Å². The van der Waals surface area contributed by atoms with Gasteiger partial charge in [0.2, 0.25) is 0 Å². The summed E-state index contributed by atoms with van der Waals surface area (Å²) in [4.78, 5) is 11.7. The van der Waals surface area contributed by atoms with E-state index in [9.17, 15) is 4.79 Å².